The fourth-order valence-corrected chi connectivity index (χ4v) is 1.87. The molecular formula is C11H17N5. The van der Waals surface area contributed by atoms with Crippen LogP contribution in [0.1, 0.15) is 24.2 Å². The van der Waals surface area contributed by atoms with Gasteiger partial charge in [0, 0.05) is 32.1 Å². The average Bonchev–Trinajstić information content (AvgIpc) is 2.73. The van der Waals surface area contributed by atoms with Crippen molar-refractivity contribution >= 4 is 5.69 Å². The maximum atomic E-state index is 4.33. The average molecular weight is 219 g/mol. The van der Waals surface area contributed by atoms with Crippen molar-refractivity contribution in [2.75, 3.05) is 5.32 Å². The Labute approximate surface area is 95.1 Å². The fraction of sp³-hybridized carbons (Fsp3) is 0.455. The minimum atomic E-state index is 0.234. The van der Waals surface area contributed by atoms with E-state index in [0.717, 1.165) is 11.4 Å². The van der Waals surface area contributed by atoms with Gasteiger partial charge in [0.1, 0.15) is 0 Å². The molecule has 0 radical (unpaired) electrons. The topological polar surface area (TPSA) is 47.7 Å². The van der Waals surface area contributed by atoms with E-state index in [1.54, 1.807) is 4.68 Å². The molecule has 0 aliphatic rings. The molecule has 2 rings (SSSR count). The normalized spacial score (nSPS) is 12.8. The van der Waals surface area contributed by atoms with Gasteiger partial charge in [0.15, 0.2) is 0 Å². The smallest absolute Gasteiger partial charge is 0.0731 e. The number of hydrogen-bond acceptors (Lipinski definition) is 3. The van der Waals surface area contributed by atoms with Crippen molar-refractivity contribution in [3.8, 4) is 0 Å². The lowest BCUT2D eigenvalue weighted by Crippen LogP contribution is -2.06. The fourth-order valence-electron chi connectivity index (χ4n) is 1.87. The van der Waals surface area contributed by atoms with Crippen LogP contribution in [0.5, 0.6) is 0 Å². The van der Waals surface area contributed by atoms with Crippen LogP contribution in [0.25, 0.3) is 0 Å². The predicted octanol–water partition coefficient (Wildman–Crippen LogP) is 1.64. The molecule has 86 valence electrons. The van der Waals surface area contributed by atoms with Crippen molar-refractivity contribution in [2.45, 2.75) is 19.9 Å². The summed E-state index contributed by atoms with van der Waals surface area (Å²) in [4.78, 5) is 0. The zero-order valence-corrected chi connectivity index (χ0v) is 10.1. The van der Waals surface area contributed by atoms with Crippen LogP contribution in [-0.4, -0.2) is 19.6 Å². The van der Waals surface area contributed by atoms with E-state index in [9.17, 15) is 0 Å². The Kier molecular flexibility index (Phi) is 2.68. The molecule has 0 bridgehead atoms. The number of anilines is 1. The van der Waals surface area contributed by atoms with Gasteiger partial charge < -0.3 is 5.32 Å². The lowest BCUT2D eigenvalue weighted by molar-refractivity contribution is 0.756. The number of aromatic nitrogens is 4. The Morgan fingerprint density at radius 2 is 2.00 bits per heavy atom. The molecular weight excluding hydrogens is 202 g/mol. The van der Waals surface area contributed by atoms with Crippen molar-refractivity contribution in [2.24, 2.45) is 14.1 Å². The molecule has 0 amide bonds. The lowest BCUT2D eigenvalue weighted by Gasteiger charge is -2.12. The molecule has 2 heterocycles. The maximum Gasteiger partial charge on any atom is 0.0731 e. The molecule has 0 fully saturated rings. The van der Waals surface area contributed by atoms with E-state index in [4.69, 9.17) is 0 Å². The van der Waals surface area contributed by atoms with Gasteiger partial charge in [-0.05, 0) is 13.8 Å². The predicted molar refractivity (Wildman–Crippen MR) is 63.2 cm³/mol. The molecule has 0 spiro atoms. The maximum absolute atomic E-state index is 4.33. The van der Waals surface area contributed by atoms with Crippen molar-refractivity contribution < 1.29 is 0 Å². The molecule has 0 saturated heterocycles. The summed E-state index contributed by atoms with van der Waals surface area (Å²) < 4.78 is 3.62. The van der Waals surface area contributed by atoms with Gasteiger partial charge in [-0.25, -0.2) is 0 Å². The monoisotopic (exact) mass is 219 g/mol. The third kappa shape index (κ3) is 2.08. The second-order valence-electron chi connectivity index (χ2n) is 4.11. The highest BCUT2D eigenvalue weighted by molar-refractivity contribution is 5.41. The summed E-state index contributed by atoms with van der Waals surface area (Å²) >= 11 is 0. The minimum Gasteiger partial charge on any atom is -0.376 e. The molecule has 5 heteroatoms. The van der Waals surface area contributed by atoms with Crippen LogP contribution in [-0.2, 0) is 14.1 Å². The summed E-state index contributed by atoms with van der Waals surface area (Å²) in [5.41, 5.74) is 3.30. The van der Waals surface area contributed by atoms with Gasteiger partial charge >= 0.3 is 0 Å². The second kappa shape index (κ2) is 4.00. The van der Waals surface area contributed by atoms with Crippen LogP contribution in [0.3, 0.4) is 0 Å². The summed E-state index contributed by atoms with van der Waals surface area (Å²) in [7, 11) is 3.85. The van der Waals surface area contributed by atoms with Gasteiger partial charge in [-0.1, -0.05) is 0 Å². The van der Waals surface area contributed by atoms with E-state index in [2.05, 4.69) is 22.4 Å². The molecule has 1 unspecified atom stereocenters. The largest absolute Gasteiger partial charge is 0.376 e. The van der Waals surface area contributed by atoms with E-state index in [-0.39, 0.29) is 6.04 Å². The number of hydrogen-bond donors (Lipinski definition) is 1. The summed E-state index contributed by atoms with van der Waals surface area (Å²) in [5, 5.41) is 11.9. The highest BCUT2D eigenvalue weighted by Gasteiger charge is 2.11. The molecule has 0 saturated carbocycles. The van der Waals surface area contributed by atoms with Gasteiger partial charge in [-0.3, -0.25) is 9.36 Å². The molecule has 0 aliphatic heterocycles. The van der Waals surface area contributed by atoms with Crippen LogP contribution in [0.15, 0.2) is 18.6 Å². The van der Waals surface area contributed by atoms with E-state index in [1.165, 1.54) is 5.56 Å². The Balaban J connectivity index is 2.14. The van der Waals surface area contributed by atoms with E-state index < -0.39 is 0 Å². The zero-order valence-electron chi connectivity index (χ0n) is 10.1. The SMILES string of the molecule is Cc1nn(C)cc1C(C)Nc1cnn(C)c1. The van der Waals surface area contributed by atoms with Gasteiger partial charge in [0.25, 0.3) is 0 Å². The first kappa shape index (κ1) is 10.7. The molecule has 0 aliphatic carbocycles. The first-order chi connectivity index (χ1) is 7.56. The van der Waals surface area contributed by atoms with Crippen LogP contribution in [0.4, 0.5) is 5.69 Å². The van der Waals surface area contributed by atoms with E-state index in [1.807, 2.05) is 44.3 Å². The zero-order chi connectivity index (χ0) is 11.7. The van der Waals surface area contributed by atoms with Crippen LogP contribution in [0, 0.1) is 6.92 Å². The number of nitrogens with zero attached hydrogens (tertiary/aromatic N) is 4. The second-order valence-corrected chi connectivity index (χ2v) is 4.11. The number of rotatable bonds is 3. The Hall–Kier alpha value is -1.78. The number of aryl methyl sites for hydroxylation is 3. The summed E-state index contributed by atoms with van der Waals surface area (Å²) in [6.45, 7) is 4.15. The van der Waals surface area contributed by atoms with Gasteiger partial charge in [-0.2, -0.15) is 10.2 Å². The molecule has 2 aromatic heterocycles. The quantitative estimate of drug-likeness (QED) is 0.853. The molecule has 16 heavy (non-hydrogen) atoms. The summed E-state index contributed by atoms with van der Waals surface area (Å²) in [5.74, 6) is 0. The van der Waals surface area contributed by atoms with Crippen LogP contribution < -0.4 is 5.32 Å². The minimum absolute atomic E-state index is 0.234. The highest BCUT2D eigenvalue weighted by Crippen LogP contribution is 2.20. The third-order valence-electron chi connectivity index (χ3n) is 2.61. The third-order valence-corrected chi connectivity index (χ3v) is 2.61. The molecule has 1 atom stereocenters. The molecule has 1 N–H and O–H groups in total. The summed E-state index contributed by atoms with van der Waals surface area (Å²) in [6, 6.07) is 0.234. The number of nitrogens with one attached hydrogen (secondary N) is 1. The first-order valence-corrected chi connectivity index (χ1v) is 5.31. The van der Waals surface area contributed by atoms with E-state index >= 15 is 0 Å². The van der Waals surface area contributed by atoms with Crippen molar-refractivity contribution in [1.29, 1.82) is 0 Å². The molecule has 5 nitrogen and oxygen atoms in total. The van der Waals surface area contributed by atoms with Gasteiger partial charge in [0.2, 0.25) is 0 Å². The van der Waals surface area contributed by atoms with E-state index in [0.29, 0.717) is 0 Å². The van der Waals surface area contributed by atoms with Crippen molar-refractivity contribution in [3.05, 3.63) is 29.8 Å². The Morgan fingerprint density at radius 3 is 2.50 bits per heavy atom. The standard InChI is InChI=1S/C11H17N5/c1-8(11-7-16(4)14-9(11)2)13-10-5-12-15(3)6-10/h5-8,13H,1-4H3. The Bertz CT molecular complexity index is 482. The van der Waals surface area contributed by atoms with Gasteiger partial charge in [-0.15, -0.1) is 0 Å². The molecule has 2 aromatic rings. The van der Waals surface area contributed by atoms with Gasteiger partial charge in [0.05, 0.1) is 23.6 Å². The molecule has 0 aromatic carbocycles. The lowest BCUT2D eigenvalue weighted by atomic mass is 10.1. The van der Waals surface area contributed by atoms with Crippen LogP contribution in [0.2, 0.25) is 0 Å². The van der Waals surface area contributed by atoms with Crippen LogP contribution >= 0.6 is 0 Å². The Morgan fingerprint density at radius 1 is 1.25 bits per heavy atom. The van der Waals surface area contributed by atoms with Crippen molar-refractivity contribution in [1.82, 2.24) is 19.6 Å². The summed E-state index contributed by atoms with van der Waals surface area (Å²) in [6.07, 6.45) is 5.83. The highest BCUT2D eigenvalue weighted by atomic mass is 15.3. The van der Waals surface area contributed by atoms with Crippen molar-refractivity contribution in [3.63, 3.8) is 0 Å². The first-order valence-electron chi connectivity index (χ1n) is 5.31.